The molecule has 1 saturated heterocycles. The lowest BCUT2D eigenvalue weighted by atomic mass is 9.81. The molecule has 0 spiro atoms. The Kier molecular flexibility index (Phi) is 10.7. The van der Waals surface area contributed by atoms with Crippen LogP contribution >= 0.6 is 0 Å². The van der Waals surface area contributed by atoms with E-state index >= 15 is 0 Å². The Bertz CT molecular complexity index is 886. The molecule has 3 aliphatic rings. The molecule has 0 aromatic heterocycles. The number of likely N-dealkylation sites (tertiary alicyclic amines) is 1. The summed E-state index contributed by atoms with van der Waals surface area (Å²) >= 11 is 0. The van der Waals surface area contributed by atoms with Gasteiger partial charge in [0.2, 0.25) is 11.8 Å². The lowest BCUT2D eigenvalue weighted by molar-refractivity contribution is -0.138. The molecule has 0 unspecified atom stereocenters. The number of amides is 5. The zero-order valence-electron chi connectivity index (χ0n) is 23.1. The van der Waals surface area contributed by atoms with Gasteiger partial charge in [-0.15, -0.1) is 0 Å². The van der Waals surface area contributed by atoms with Crippen LogP contribution < -0.4 is 10.6 Å². The van der Waals surface area contributed by atoms with Crippen molar-refractivity contribution in [2.45, 2.75) is 84.2 Å². The van der Waals surface area contributed by atoms with E-state index in [9.17, 15) is 24.0 Å². The first-order valence-corrected chi connectivity index (χ1v) is 14.1. The molecule has 1 aliphatic carbocycles. The predicted octanol–water partition coefficient (Wildman–Crippen LogP) is 2.77. The van der Waals surface area contributed by atoms with E-state index in [1.54, 1.807) is 4.90 Å². The fourth-order valence-electron chi connectivity index (χ4n) is 5.26. The van der Waals surface area contributed by atoms with Gasteiger partial charge in [-0.3, -0.25) is 24.1 Å². The number of hydrogen-bond donors (Lipinski definition) is 2. The van der Waals surface area contributed by atoms with Crippen LogP contribution in [0.1, 0.15) is 78.6 Å². The van der Waals surface area contributed by atoms with Crippen molar-refractivity contribution >= 4 is 29.7 Å². The SMILES string of the molecule is CC(C)(C)OC(=O)N1CC[C@@H](CNC(=O)CCCCCNC(=O)C2CCC(CN3C(=O)C=CC3=O)CC2)C1. The summed E-state index contributed by atoms with van der Waals surface area (Å²) in [5.74, 6) is 0.111. The molecule has 2 heterocycles. The molecule has 2 N–H and O–H groups in total. The molecule has 0 bridgehead atoms. The fourth-order valence-corrected chi connectivity index (χ4v) is 5.26. The van der Waals surface area contributed by atoms with E-state index in [0.29, 0.717) is 39.1 Å². The third kappa shape index (κ3) is 9.44. The van der Waals surface area contributed by atoms with Crippen LogP contribution in [-0.2, 0) is 23.9 Å². The number of nitrogens with one attached hydrogen (secondary N) is 2. The van der Waals surface area contributed by atoms with Gasteiger partial charge in [-0.1, -0.05) is 6.42 Å². The third-order valence-electron chi connectivity index (χ3n) is 7.46. The molecule has 0 aromatic carbocycles. The molecule has 2 aliphatic heterocycles. The number of unbranched alkanes of at least 4 members (excludes halogenated alkanes) is 2. The van der Waals surface area contributed by atoms with Crippen molar-refractivity contribution in [3.63, 3.8) is 0 Å². The summed E-state index contributed by atoms with van der Waals surface area (Å²) in [5.41, 5.74) is -0.510. The normalized spacial score (nSPS) is 23.6. The van der Waals surface area contributed by atoms with Crippen molar-refractivity contribution in [3.05, 3.63) is 12.2 Å². The number of nitrogens with zero attached hydrogens (tertiary/aromatic N) is 2. The second-order valence-corrected chi connectivity index (χ2v) is 11.8. The van der Waals surface area contributed by atoms with Crippen LogP contribution in [0, 0.1) is 17.8 Å². The standard InChI is InChI=1S/C28H44N4O6/c1-28(2,3)38-27(37)31-16-14-21(18-31)17-30-23(33)7-5-4-6-15-29-26(36)22-10-8-20(9-11-22)19-32-24(34)12-13-25(32)35/h12-13,20-22H,4-11,14-19H2,1-3H3,(H,29,36)(H,30,33)/t20?,21-,22?/m0/s1. The molecule has 10 heteroatoms. The first-order chi connectivity index (χ1) is 18.0. The first kappa shape index (κ1) is 29.6. The van der Waals surface area contributed by atoms with Crippen LogP contribution in [-0.4, -0.2) is 77.8 Å². The minimum Gasteiger partial charge on any atom is -0.444 e. The van der Waals surface area contributed by atoms with Gasteiger partial charge in [-0.2, -0.15) is 0 Å². The van der Waals surface area contributed by atoms with Crippen molar-refractivity contribution in [2.24, 2.45) is 17.8 Å². The molecule has 0 aromatic rings. The minimum atomic E-state index is -0.510. The van der Waals surface area contributed by atoms with E-state index < -0.39 is 5.60 Å². The Hall–Kier alpha value is -2.91. The van der Waals surface area contributed by atoms with Gasteiger partial charge in [-0.25, -0.2) is 4.79 Å². The maximum absolute atomic E-state index is 12.5. The summed E-state index contributed by atoms with van der Waals surface area (Å²) in [6, 6.07) is 0. The van der Waals surface area contributed by atoms with Crippen LogP contribution in [0.5, 0.6) is 0 Å². The van der Waals surface area contributed by atoms with Crippen LogP contribution in [0.4, 0.5) is 4.79 Å². The third-order valence-corrected chi connectivity index (χ3v) is 7.46. The van der Waals surface area contributed by atoms with Crippen molar-refractivity contribution in [1.29, 1.82) is 0 Å². The zero-order chi connectivity index (χ0) is 27.7. The summed E-state index contributed by atoms with van der Waals surface area (Å²) in [6.07, 6.45) is 9.33. The van der Waals surface area contributed by atoms with Crippen molar-refractivity contribution in [1.82, 2.24) is 20.4 Å². The number of carbonyl (C=O) groups is 5. The van der Waals surface area contributed by atoms with Gasteiger partial charge in [0, 0.05) is 57.2 Å². The molecule has 2 fully saturated rings. The van der Waals surface area contributed by atoms with Crippen LogP contribution in [0.2, 0.25) is 0 Å². The lowest BCUT2D eigenvalue weighted by Gasteiger charge is -2.30. The molecule has 38 heavy (non-hydrogen) atoms. The number of ether oxygens (including phenoxy) is 1. The highest BCUT2D eigenvalue weighted by Crippen LogP contribution is 2.30. The molecular weight excluding hydrogens is 488 g/mol. The quantitative estimate of drug-likeness (QED) is 0.311. The summed E-state index contributed by atoms with van der Waals surface area (Å²) in [5, 5.41) is 6.01. The highest BCUT2D eigenvalue weighted by molar-refractivity contribution is 6.12. The lowest BCUT2D eigenvalue weighted by Crippen LogP contribution is -2.38. The van der Waals surface area contributed by atoms with Crippen LogP contribution in [0.15, 0.2) is 12.2 Å². The highest BCUT2D eigenvalue weighted by atomic mass is 16.6. The number of rotatable bonds is 11. The van der Waals surface area contributed by atoms with Crippen LogP contribution in [0.25, 0.3) is 0 Å². The van der Waals surface area contributed by atoms with E-state index in [2.05, 4.69) is 10.6 Å². The minimum absolute atomic E-state index is 0.0121. The maximum atomic E-state index is 12.5. The molecule has 0 radical (unpaired) electrons. The van der Waals surface area contributed by atoms with Gasteiger partial charge < -0.3 is 20.3 Å². The molecule has 212 valence electrons. The summed E-state index contributed by atoms with van der Waals surface area (Å²) in [6.45, 7) is 8.42. The van der Waals surface area contributed by atoms with Crippen LogP contribution in [0.3, 0.4) is 0 Å². The summed E-state index contributed by atoms with van der Waals surface area (Å²) in [4.78, 5) is 63.3. The van der Waals surface area contributed by atoms with Crippen molar-refractivity contribution in [2.75, 3.05) is 32.7 Å². The Labute approximate surface area is 225 Å². The monoisotopic (exact) mass is 532 g/mol. The number of carbonyl (C=O) groups excluding carboxylic acids is 5. The smallest absolute Gasteiger partial charge is 0.410 e. The van der Waals surface area contributed by atoms with E-state index in [1.807, 2.05) is 20.8 Å². The van der Waals surface area contributed by atoms with E-state index in [0.717, 1.165) is 51.4 Å². The fraction of sp³-hybridized carbons (Fsp3) is 0.750. The largest absolute Gasteiger partial charge is 0.444 e. The zero-order valence-corrected chi connectivity index (χ0v) is 23.1. The summed E-state index contributed by atoms with van der Waals surface area (Å²) in [7, 11) is 0. The average molecular weight is 533 g/mol. The van der Waals surface area contributed by atoms with E-state index in [-0.39, 0.29) is 47.5 Å². The Morgan fingerprint density at radius 1 is 0.921 bits per heavy atom. The highest BCUT2D eigenvalue weighted by Gasteiger charge is 2.32. The predicted molar refractivity (Wildman–Crippen MR) is 142 cm³/mol. The molecule has 3 rings (SSSR count). The second kappa shape index (κ2) is 13.8. The van der Waals surface area contributed by atoms with Gasteiger partial charge in [0.25, 0.3) is 11.8 Å². The number of hydrogen-bond acceptors (Lipinski definition) is 6. The first-order valence-electron chi connectivity index (χ1n) is 14.1. The molecule has 1 saturated carbocycles. The van der Waals surface area contributed by atoms with E-state index in [4.69, 9.17) is 4.74 Å². The molecule has 5 amide bonds. The van der Waals surface area contributed by atoms with Gasteiger partial charge in [0.15, 0.2) is 0 Å². The average Bonchev–Trinajstić information content (AvgIpc) is 3.46. The molecular formula is C28H44N4O6. The molecule has 10 nitrogen and oxygen atoms in total. The van der Waals surface area contributed by atoms with Gasteiger partial charge >= 0.3 is 6.09 Å². The second-order valence-electron chi connectivity index (χ2n) is 11.8. The van der Waals surface area contributed by atoms with Crippen molar-refractivity contribution in [3.8, 4) is 0 Å². The Morgan fingerprint density at radius 2 is 1.61 bits per heavy atom. The maximum Gasteiger partial charge on any atom is 0.410 e. The molecule has 1 atom stereocenters. The Morgan fingerprint density at radius 3 is 2.26 bits per heavy atom. The topological polar surface area (TPSA) is 125 Å². The summed E-state index contributed by atoms with van der Waals surface area (Å²) < 4.78 is 5.41. The van der Waals surface area contributed by atoms with Crippen molar-refractivity contribution < 1.29 is 28.7 Å². The van der Waals surface area contributed by atoms with Gasteiger partial charge in [-0.05, 0) is 77.6 Å². The van der Waals surface area contributed by atoms with Gasteiger partial charge in [0.1, 0.15) is 5.60 Å². The Balaban J connectivity index is 1.18. The number of imide groups is 1. The van der Waals surface area contributed by atoms with E-state index in [1.165, 1.54) is 17.1 Å². The van der Waals surface area contributed by atoms with Gasteiger partial charge in [0.05, 0.1) is 0 Å².